The zero-order chi connectivity index (χ0) is 11.4. The molecule has 1 rings (SSSR count). The number of aryl methyl sites for hydroxylation is 1. The third kappa shape index (κ3) is 8.17. The topological polar surface area (TPSA) is 26.0 Å². The second kappa shape index (κ2) is 12.6. The summed E-state index contributed by atoms with van der Waals surface area (Å²) in [4.78, 5) is 0. The number of nitrogens with zero attached hydrogens (tertiary/aromatic N) is 1. The lowest BCUT2D eigenvalue weighted by molar-refractivity contribution is 0.404. The van der Waals surface area contributed by atoms with Gasteiger partial charge in [-0.15, -0.1) is 11.8 Å². The first-order valence-electron chi connectivity index (χ1n) is 5.29. The van der Waals surface area contributed by atoms with Crippen LogP contribution in [0.3, 0.4) is 0 Å². The molecule has 0 aromatic carbocycles. The minimum atomic E-state index is 1.01. The van der Waals surface area contributed by atoms with Crippen LogP contribution in [0.5, 0.6) is 0 Å². The van der Waals surface area contributed by atoms with E-state index in [1.807, 2.05) is 20.8 Å². The molecule has 0 amide bonds. The fourth-order valence-corrected chi connectivity index (χ4v) is 1.20. The van der Waals surface area contributed by atoms with Gasteiger partial charge in [-0.2, -0.15) is 0 Å². The van der Waals surface area contributed by atoms with E-state index in [1.54, 1.807) is 18.0 Å². The van der Waals surface area contributed by atoms with Gasteiger partial charge in [0.1, 0.15) is 11.3 Å². The van der Waals surface area contributed by atoms with Crippen molar-refractivity contribution in [2.75, 3.05) is 5.75 Å². The molecule has 14 heavy (non-hydrogen) atoms. The molecule has 0 atom stereocenters. The van der Waals surface area contributed by atoms with Gasteiger partial charge in [0.05, 0.1) is 0 Å². The number of aromatic nitrogens is 1. The molecule has 2 nitrogen and oxygen atoms in total. The maximum Gasteiger partial charge on any atom is 0.142 e. The van der Waals surface area contributed by atoms with Gasteiger partial charge in [0.25, 0.3) is 0 Å². The van der Waals surface area contributed by atoms with E-state index in [0.717, 1.165) is 16.3 Å². The van der Waals surface area contributed by atoms with Gasteiger partial charge in [-0.25, -0.2) is 0 Å². The van der Waals surface area contributed by atoms with Gasteiger partial charge in [0, 0.05) is 5.56 Å². The molecule has 0 unspecified atom stereocenters. The Labute approximate surface area is 92.5 Å². The van der Waals surface area contributed by atoms with Crippen LogP contribution >= 0.6 is 11.8 Å². The second-order valence-electron chi connectivity index (χ2n) is 2.44. The molecule has 0 aliphatic carbocycles. The Kier molecular flexibility index (Phi) is 14.4. The highest BCUT2D eigenvalue weighted by Crippen LogP contribution is 2.18. The first-order chi connectivity index (χ1) is 6.76. The van der Waals surface area contributed by atoms with E-state index < -0.39 is 0 Å². The summed E-state index contributed by atoms with van der Waals surface area (Å²) in [5.41, 5.74) is 1.13. The minimum absolute atomic E-state index is 1.01. The lowest BCUT2D eigenvalue weighted by Crippen LogP contribution is -1.73. The van der Waals surface area contributed by atoms with Crippen molar-refractivity contribution < 1.29 is 4.52 Å². The van der Waals surface area contributed by atoms with Crippen LogP contribution in [0, 0.1) is 6.92 Å². The Morgan fingerprint density at radius 3 is 2.07 bits per heavy atom. The van der Waals surface area contributed by atoms with E-state index in [1.165, 1.54) is 6.42 Å². The van der Waals surface area contributed by atoms with Crippen molar-refractivity contribution in [2.45, 2.75) is 53.0 Å². The zero-order valence-electron chi connectivity index (χ0n) is 10.3. The highest BCUT2D eigenvalue weighted by Gasteiger charge is 1.99. The van der Waals surface area contributed by atoms with Crippen LogP contribution in [0.4, 0.5) is 0 Å². The predicted molar refractivity (Wildman–Crippen MR) is 65.0 cm³/mol. The van der Waals surface area contributed by atoms with E-state index in [4.69, 9.17) is 4.52 Å². The van der Waals surface area contributed by atoms with E-state index in [2.05, 4.69) is 25.9 Å². The average Bonchev–Trinajstić information content (AvgIpc) is 2.58. The van der Waals surface area contributed by atoms with Crippen molar-refractivity contribution in [3.05, 3.63) is 11.8 Å². The van der Waals surface area contributed by atoms with Crippen LogP contribution in [0.25, 0.3) is 0 Å². The van der Waals surface area contributed by atoms with Crippen LogP contribution in [-0.2, 0) is 0 Å². The normalized spacial score (nSPS) is 8.14. The summed E-state index contributed by atoms with van der Waals surface area (Å²) in [5.74, 6) is 1.05. The SMILES string of the molecule is CC.CCC.CCSc1nocc1C. The zero-order valence-corrected chi connectivity index (χ0v) is 11.1. The molecule has 0 aliphatic heterocycles. The van der Waals surface area contributed by atoms with Crippen LogP contribution in [0.1, 0.15) is 46.6 Å². The first-order valence-corrected chi connectivity index (χ1v) is 6.28. The molecule has 1 aromatic heterocycles. The number of hydrogen-bond donors (Lipinski definition) is 0. The summed E-state index contributed by atoms with van der Waals surface area (Å²) in [6, 6.07) is 0. The first kappa shape index (κ1) is 16.0. The summed E-state index contributed by atoms with van der Waals surface area (Å²) in [5, 5.41) is 4.81. The van der Waals surface area contributed by atoms with E-state index in [-0.39, 0.29) is 0 Å². The number of hydrogen-bond acceptors (Lipinski definition) is 3. The van der Waals surface area contributed by atoms with Gasteiger partial charge >= 0.3 is 0 Å². The minimum Gasteiger partial charge on any atom is -0.363 e. The molecular weight excluding hydrogens is 194 g/mol. The molecule has 0 saturated carbocycles. The molecule has 3 heteroatoms. The van der Waals surface area contributed by atoms with Crippen LogP contribution in [0.15, 0.2) is 15.8 Å². The van der Waals surface area contributed by atoms with Gasteiger partial charge < -0.3 is 4.52 Å². The average molecular weight is 217 g/mol. The molecule has 0 N–H and O–H groups in total. The molecule has 0 aliphatic rings. The van der Waals surface area contributed by atoms with Crippen molar-refractivity contribution in [1.29, 1.82) is 0 Å². The Bertz CT molecular complexity index is 199. The third-order valence-electron chi connectivity index (χ3n) is 0.983. The molecular formula is C11H23NOS. The predicted octanol–water partition coefficient (Wildman–Crippen LogP) is 4.54. The van der Waals surface area contributed by atoms with E-state index >= 15 is 0 Å². The van der Waals surface area contributed by atoms with E-state index in [9.17, 15) is 0 Å². The van der Waals surface area contributed by atoms with Gasteiger partial charge in [0.2, 0.25) is 0 Å². The monoisotopic (exact) mass is 217 g/mol. The quantitative estimate of drug-likeness (QED) is 0.680. The summed E-state index contributed by atoms with van der Waals surface area (Å²) in [7, 11) is 0. The van der Waals surface area contributed by atoms with Crippen LogP contribution < -0.4 is 0 Å². The Morgan fingerprint density at radius 1 is 1.29 bits per heavy atom. The standard InChI is InChI=1S/C6H9NOS.C3H8.C2H6/c1-3-9-6-5(2)4-8-7-6;1-3-2;1-2/h4H,3H2,1-2H3;3H2,1-2H3;1-2H3. The third-order valence-corrected chi connectivity index (χ3v) is 1.94. The van der Waals surface area contributed by atoms with Crippen LogP contribution in [0.2, 0.25) is 0 Å². The molecule has 1 aromatic rings. The molecule has 0 saturated heterocycles. The smallest absolute Gasteiger partial charge is 0.142 e. The number of rotatable bonds is 2. The van der Waals surface area contributed by atoms with Crippen molar-refractivity contribution in [3.63, 3.8) is 0 Å². The molecule has 0 spiro atoms. The molecule has 0 fully saturated rings. The Morgan fingerprint density at radius 2 is 1.79 bits per heavy atom. The van der Waals surface area contributed by atoms with Crippen molar-refractivity contribution in [1.82, 2.24) is 5.16 Å². The Hall–Kier alpha value is -0.440. The fraction of sp³-hybridized carbons (Fsp3) is 0.727. The molecule has 84 valence electrons. The van der Waals surface area contributed by atoms with Crippen molar-refractivity contribution >= 4 is 11.8 Å². The van der Waals surface area contributed by atoms with Crippen molar-refractivity contribution in [3.8, 4) is 0 Å². The highest BCUT2D eigenvalue weighted by molar-refractivity contribution is 7.99. The molecule has 0 bridgehead atoms. The maximum absolute atomic E-state index is 4.73. The van der Waals surface area contributed by atoms with Crippen LogP contribution in [-0.4, -0.2) is 10.9 Å². The van der Waals surface area contributed by atoms with E-state index in [0.29, 0.717) is 0 Å². The fourth-order valence-electron chi connectivity index (χ4n) is 0.553. The molecule has 0 radical (unpaired) electrons. The van der Waals surface area contributed by atoms with Gasteiger partial charge in [-0.05, 0) is 12.7 Å². The molecule has 1 heterocycles. The number of thioether (sulfide) groups is 1. The Balaban J connectivity index is 0. The summed E-state index contributed by atoms with van der Waals surface area (Å²) >= 11 is 1.70. The summed E-state index contributed by atoms with van der Waals surface area (Å²) in [6.07, 6.45) is 2.91. The van der Waals surface area contributed by atoms with Gasteiger partial charge in [-0.1, -0.05) is 46.2 Å². The van der Waals surface area contributed by atoms with Gasteiger partial charge in [-0.3, -0.25) is 0 Å². The maximum atomic E-state index is 4.73. The lowest BCUT2D eigenvalue weighted by Gasteiger charge is -1.88. The second-order valence-corrected chi connectivity index (χ2v) is 3.70. The largest absolute Gasteiger partial charge is 0.363 e. The lowest BCUT2D eigenvalue weighted by atomic mass is 10.4. The summed E-state index contributed by atoms with van der Waals surface area (Å²) in [6.45, 7) is 12.3. The summed E-state index contributed by atoms with van der Waals surface area (Å²) < 4.78 is 4.73. The highest BCUT2D eigenvalue weighted by atomic mass is 32.2. The van der Waals surface area contributed by atoms with Gasteiger partial charge in [0.15, 0.2) is 0 Å². The van der Waals surface area contributed by atoms with Crippen molar-refractivity contribution in [2.24, 2.45) is 0 Å².